The minimum atomic E-state index is -0.944. The maximum Gasteiger partial charge on any atom is 0.415 e. The van der Waals surface area contributed by atoms with Crippen LogP contribution in [-0.2, 0) is 16.0 Å². The zero-order valence-electron chi connectivity index (χ0n) is 17.9. The third-order valence-corrected chi connectivity index (χ3v) is 6.06. The molecule has 1 aromatic heterocycles. The lowest BCUT2D eigenvalue weighted by Crippen LogP contribution is -2.49. The molecule has 0 saturated carbocycles. The molecular formula is C24H23ClN4O4. The minimum Gasteiger partial charge on any atom is -0.436 e. The Kier molecular flexibility index (Phi) is 5.78. The maximum atomic E-state index is 13.4. The van der Waals surface area contributed by atoms with Crippen LogP contribution in [0.2, 0.25) is 5.02 Å². The lowest BCUT2D eigenvalue weighted by Gasteiger charge is -2.29. The summed E-state index contributed by atoms with van der Waals surface area (Å²) in [7, 11) is 0. The van der Waals surface area contributed by atoms with Gasteiger partial charge in [0.15, 0.2) is 5.60 Å². The molecule has 9 heteroatoms. The molecule has 2 aromatic carbocycles. The van der Waals surface area contributed by atoms with Crippen LogP contribution in [0.5, 0.6) is 0 Å². The molecule has 0 N–H and O–H groups in total. The summed E-state index contributed by atoms with van der Waals surface area (Å²) in [6.45, 7) is 2.16. The van der Waals surface area contributed by atoms with Gasteiger partial charge in [-0.1, -0.05) is 29.8 Å². The summed E-state index contributed by atoms with van der Waals surface area (Å²) in [4.78, 5) is 33.4. The molecule has 1 unspecified atom stereocenters. The standard InChI is InChI=1S/C24H23ClN4O4/c25-20-5-2-6-21(12-20)29-15-24(33-23(29)31)14-28(9-10-32-16-24)22(30)19-4-1-3-18(11-19)13-27-8-7-26-17-27/h1-8,11-12,17H,9-10,13-16H2. The van der Waals surface area contributed by atoms with Crippen LogP contribution in [0.3, 0.4) is 0 Å². The van der Waals surface area contributed by atoms with Gasteiger partial charge in [-0.15, -0.1) is 0 Å². The highest BCUT2D eigenvalue weighted by molar-refractivity contribution is 6.30. The number of anilines is 1. The first-order valence-corrected chi connectivity index (χ1v) is 11.1. The molecule has 33 heavy (non-hydrogen) atoms. The summed E-state index contributed by atoms with van der Waals surface area (Å²) in [5.74, 6) is -0.121. The average molecular weight is 467 g/mol. The molecule has 3 aromatic rings. The Balaban J connectivity index is 1.35. The van der Waals surface area contributed by atoms with Gasteiger partial charge in [0.05, 0.1) is 32.6 Å². The fraction of sp³-hybridized carbons (Fsp3) is 0.292. The number of carbonyl (C=O) groups excluding carboxylic acids is 2. The lowest BCUT2D eigenvalue weighted by molar-refractivity contribution is -0.0140. The number of ether oxygens (including phenoxy) is 2. The van der Waals surface area contributed by atoms with E-state index in [-0.39, 0.29) is 25.6 Å². The van der Waals surface area contributed by atoms with Crippen molar-refractivity contribution >= 4 is 29.3 Å². The van der Waals surface area contributed by atoms with Gasteiger partial charge in [0.1, 0.15) is 0 Å². The van der Waals surface area contributed by atoms with Crippen molar-refractivity contribution in [3.8, 4) is 0 Å². The van der Waals surface area contributed by atoms with Crippen LogP contribution in [0.15, 0.2) is 67.3 Å². The van der Waals surface area contributed by atoms with E-state index in [9.17, 15) is 9.59 Å². The third kappa shape index (κ3) is 4.58. The van der Waals surface area contributed by atoms with E-state index in [1.54, 1.807) is 47.8 Å². The number of rotatable bonds is 4. The summed E-state index contributed by atoms with van der Waals surface area (Å²) in [6.07, 6.45) is 4.87. The fourth-order valence-electron chi connectivity index (χ4n) is 4.28. The highest BCUT2D eigenvalue weighted by Gasteiger charge is 2.49. The first kappa shape index (κ1) is 21.5. The molecular weight excluding hydrogens is 444 g/mol. The summed E-state index contributed by atoms with van der Waals surface area (Å²) in [5.41, 5.74) is 1.29. The molecule has 1 spiro atoms. The first-order chi connectivity index (χ1) is 16.0. The predicted molar refractivity (Wildman–Crippen MR) is 123 cm³/mol. The van der Waals surface area contributed by atoms with Crippen LogP contribution < -0.4 is 4.90 Å². The van der Waals surface area contributed by atoms with Gasteiger partial charge in [0.2, 0.25) is 0 Å². The Labute approximate surface area is 196 Å². The van der Waals surface area contributed by atoms with E-state index in [4.69, 9.17) is 21.1 Å². The van der Waals surface area contributed by atoms with Crippen molar-refractivity contribution in [3.63, 3.8) is 0 Å². The lowest BCUT2D eigenvalue weighted by atomic mass is 10.0. The third-order valence-electron chi connectivity index (χ3n) is 5.83. The molecule has 8 nitrogen and oxygen atoms in total. The fourth-order valence-corrected chi connectivity index (χ4v) is 4.46. The van der Waals surface area contributed by atoms with E-state index in [0.717, 1.165) is 5.56 Å². The first-order valence-electron chi connectivity index (χ1n) is 10.7. The molecule has 2 amide bonds. The number of nitrogens with zero attached hydrogens (tertiary/aromatic N) is 4. The molecule has 2 aliphatic heterocycles. The molecule has 1 atom stereocenters. The molecule has 2 aliphatic rings. The summed E-state index contributed by atoms with van der Waals surface area (Å²) < 4.78 is 13.5. The van der Waals surface area contributed by atoms with Gasteiger partial charge in [-0.25, -0.2) is 9.78 Å². The maximum absolute atomic E-state index is 13.4. The quantitative estimate of drug-likeness (QED) is 0.588. The van der Waals surface area contributed by atoms with Crippen molar-refractivity contribution in [2.24, 2.45) is 0 Å². The van der Waals surface area contributed by atoms with Gasteiger partial charge < -0.3 is 18.9 Å². The van der Waals surface area contributed by atoms with E-state index in [1.165, 1.54) is 4.90 Å². The van der Waals surface area contributed by atoms with Gasteiger partial charge in [-0.3, -0.25) is 9.69 Å². The molecule has 170 valence electrons. The van der Waals surface area contributed by atoms with E-state index >= 15 is 0 Å². The SMILES string of the molecule is O=C(c1cccc(Cn2ccnc2)c1)N1CCOCC2(C1)CN(c1cccc(Cl)c1)C(=O)O2. The van der Waals surface area contributed by atoms with Crippen LogP contribution in [0.1, 0.15) is 15.9 Å². The van der Waals surface area contributed by atoms with Crippen molar-refractivity contribution < 1.29 is 19.1 Å². The van der Waals surface area contributed by atoms with Crippen LogP contribution in [-0.4, -0.2) is 64.9 Å². The highest BCUT2D eigenvalue weighted by Crippen LogP contribution is 2.32. The Hall–Kier alpha value is -3.36. The van der Waals surface area contributed by atoms with Gasteiger partial charge in [0.25, 0.3) is 5.91 Å². The molecule has 0 radical (unpaired) electrons. The van der Waals surface area contributed by atoms with E-state index in [0.29, 0.717) is 36.0 Å². The minimum absolute atomic E-state index is 0.121. The van der Waals surface area contributed by atoms with Crippen LogP contribution >= 0.6 is 11.6 Å². The normalized spacial score (nSPS) is 20.7. The second-order valence-electron chi connectivity index (χ2n) is 8.33. The number of hydrogen-bond acceptors (Lipinski definition) is 5. The Morgan fingerprint density at radius 1 is 1.15 bits per heavy atom. The topological polar surface area (TPSA) is 76.9 Å². The Morgan fingerprint density at radius 3 is 2.85 bits per heavy atom. The van der Waals surface area contributed by atoms with Crippen molar-refractivity contribution in [1.29, 1.82) is 0 Å². The molecule has 2 saturated heterocycles. The second-order valence-corrected chi connectivity index (χ2v) is 8.77. The van der Waals surface area contributed by atoms with E-state index in [1.807, 2.05) is 29.0 Å². The molecule has 2 fully saturated rings. The van der Waals surface area contributed by atoms with Gasteiger partial charge in [0, 0.05) is 41.8 Å². The number of hydrogen-bond donors (Lipinski definition) is 0. The number of amides is 2. The summed E-state index contributed by atoms with van der Waals surface area (Å²) in [6, 6.07) is 14.6. The van der Waals surface area contributed by atoms with Gasteiger partial charge >= 0.3 is 6.09 Å². The van der Waals surface area contributed by atoms with Crippen LogP contribution in [0, 0.1) is 0 Å². The molecule has 3 heterocycles. The van der Waals surface area contributed by atoms with Crippen LogP contribution in [0.25, 0.3) is 0 Å². The summed E-state index contributed by atoms with van der Waals surface area (Å²) >= 11 is 6.10. The van der Waals surface area contributed by atoms with Crippen molar-refractivity contribution in [3.05, 3.63) is 83.4 Å². The monoisotopic (exact) mass is 466 g/mol. The predicted octanol–water partition coefficient (Wildman–Crippen LogP) is 3.45. The molecule has 5 rings (SSSR count). The Bertz CT molecular complexity index is 1170. The van der Waals surface area contributed by atoms with Gasteiger partial charge in [-0.05, 0) is 35.9 Å². The smallest absolute Gasteiger partial charge is 0.415 e. The van der Waals surface area contributed by atoms with E-state index < -0.39 is 11.7 Å². The second kappa shape index (κ2) is 8.88. The Morgan fingerprint density at radius 2 is 2.03 bits per heavy atom. The van der Waals surface area contributed by atoms with Crippen molar-refractivity contribution in [2.75, 3.05) is 37.7 Å². The van der Waals surface area contributed by atoms with E-state index in [2.05, 4.69) is 4.98 Å². The number of carbonyl (C=O) groups is 2. The van der Waals surface area contributed by atoms with Crippen molar-refractivity contribution in [2.45, 2.75) is 12.1 Å². The van der Waals surface area contributed by atoms with Crippen molar-refractivity contribution in [1.82, 2.24) is 14.5 Å². The number of imidazole rings is 1. The molecule has 0 aliphatic carbocycles. The number of aromatic nitrogens is 2. The molecule has 0 bridgehead atoms. The zero-order chi connectivity index (χ0) is 22.8. The largest absolute Gasteiger partial charge is 0.436 e. The van der Waals surface area contributed by atoms with Crippen LogP contribution in [0.4, 0.5) is 10.5 Å². The number of halogens is 1. The average Bonchev–Trinajstić information content (AvgIpc) is 3.37. The zero-order valence-corrected chi connectivity index (χ0v) is 18.6. The highest BCUT2D eigenvalue weighted by atomic mass is 35.5. The van der Waals surface area contributed by atoms with Gasteiger partial charge in [-0.2, -0.15) is 0 Å². The summed E-state index contributed by atoms with van der Waals surface area (Å²) in [5, 5.41) is 0.533. The number of benzene rings is 2.